The average Bonchev–Trinajstić information content (AvgIpc) is 2.66. The van der Waals surface area contributed by atoms with Gasteiger partial charge in [0.15, 0.2) is 0 Å². The standard InChI is InChI=1S/C17H23NOSe/c1-2-3-12-18-13-8-7-9-15(17(18)19)14-20-16-10-5-4-6-11-16/h4-6,10-11,14H,2-3,7-9,12-13H2,1H3/b15-14-. The van der Waals surface area contributed by atoms with Crippen molar-refractivity contribution in [3.05, 3.63) is 40.9 Å². The topological polar surface area (TPSA) is 20.3 Å². The summed E-state index contributed by atoms with van der Waals surface area (Å²) in [5, 5.41) is 0. The van der Waals surface area contributed by atoms with Gasteiger partial charge in [-0.05, 0) is 0 Å². The van der Waals surface area contributed by atoms with E-state index in [9.17, 15) is 4.79 Å². The zero-order valence-electron chi connectivity index (χ0n) is 12.2. The van der Waals surface area contributed by atoms with Crippen molar-refractivity contribution < 1.29 is 4.79 Å². The second-order valence-corrected chi connectivity index (χ2v) is 7.15. The van der Waals surface area contributed by atoms with Crippen molar-refractivity contribution in [1.82, 2.24) is 4.90 Å². The molecule has 2 nitrogen and oxygen atoms in total. The number of rotatable bonds is 5. The third kappa shape index (κ3) is 4.50. The second-order valence-electron chi connectivity index (χ2n) is 5.18. The van der Waals surface area contributed by atoms with Crippen LogP contribution in [0.3, 0.4) is 0 Å². The summed E-state index contributed by atoms with van der Waals surface area (Å²) in [5.74, 6) is 0.286. The zero-order chi connectivity index (χ0) is 14.2. The van der Waals surface area contributed by atoms with Crippen molar-refractivity contribution in [2.75, 3.05) is 13.1 Å². The summed E-state index contributed by atoms with van der Waals surface area (Å²) < 4.78 is 1.34. The van der Waals surface area contributed by atoms with E-state index in [0.29, 0.717) is 0 Å². The molecule has 2 rings (SSSR count). The molecule has 0 N–H and O–H groups in total. The maximum absolute atomic E-state index is 12.5. The van der Waals surface area contributed by atoms with Gasteiger partial charge in [0.1, 0.15) is 0 Å². The Bertz CT molecular complexity index is 455. The van der Waals surface area contributed by atoms with E-state index in [0.717, 1.165) is 50.8 Å². The minimum atomic E-state index is 0.271. The van der Waals surface area contributed by atoms with Gasteiger partial charge in [-0.25, -0.2) is 0 Å². The number of likely N-dealkylation sites (tertiary alicyclic amines) is 1. The Morgan fingerprint density at radius 1 is 1.25 bits per heavy atom. The molecular formula is C17H23NOSe. The summed E-state index contributed by atoms with van der Waals surface area (Å²) in [4.78, 5) is 16.8. The number of amides is 1. The van der Waals surface area contributed by atoms with Crippen LogP contribution >= 0.6 is 0 Å². The van der Waals surface area contributed by atoms with Gasteiger partial charge in [-0.3, -0.25) is 0 Å². The second kappa shape index (κ2) is 8.28. The number of carbonyl (C=O) groups excluding carboxylic acids is 1. The van der Waals surface area contributed by atoms with Crippen LogP contribution < -0.4 is 4.46 Å². The molecule has 0 radical (unpaired) electrons. The SMILES string of the molecule is CCCCN1CCCC/C(=C/[Se]c2ccccc2)C1=O. The van der Waals surface area contributed by atoms with Crippen LogP contribution in [0.15, 0.2) is 40.9 Å². The molecule has 1 aromatic carbocycles. The average molecular weight is 336 g/mol. The first-order chi connectivity index (χ1) is 9.81. The Balaban J connectivity index is 2.02. The number of carbonyl (C=O) groups is 1. The van der Waals surface area contributed by atoms with Crippen LogP contribution in [0.5, 0.6) is 0 Å². The summed E-state index contributed by atoms with van der Waals surface area (Å²) in [5.41, 5.74) is 1.04. The van der Waals surface area contributed by atoms with E-state index in [2.05, 4.69) is 41.1 Å². The Hall–Kier alpha value is -1.05. The molecule has 0 aliphatic carbocycles. The molecule has 1 aliphatic rings. The number of benzene rings is 1. The third-order valence-corrected chi connectivity index (χ3v) is 5.53. The van der Waals surface area contributed by atoms with Crippen molar-refractivity contribution >= 4 is 25.3 Å². The van der Waals surface area contributed by atoms with Gasteiger partial charge >= 0.3 is 128 Å². The molecule has 1 fully saturated rings. The number of unbranched alkanes of at least 4 members (excludes halogenated alkanes) is 1. The van der Waals surface area contributed by atoms with Crippen molar-refractivity contribution in [3.63, 3.8) is 0 Å². The van der Waals surface area contributed by atoms with Crippen LogP contribution in [0.1, 0.15) is 39.0 Å². The molecule has 1 aliphatic heterocycles. The Kier molecular flexibility index (Phi) is 6.35. The molecule has 0 bridgehead atoms. The number of nitrogens with zero attached hydrogens (tertiary/aromatic N) is 1. The number of hydrogen-bond acceptors (Lipinski definition) is 1. The van der Waals surface area contributed by atoms with Crippen molar-refractivity contribution in [2.24, 2.45) is 0 Å². The minimum absolute atomic E-state index is 0.271. The van der Waals surface area contributed by atoms with Crippen LogP contribution in [-0.2, 0) is 4.79 Å². The van der Waals surface area contributed by atoms with Crippen molar-refractivity contribution in [2.45, 2.75) is 39.0 Å². The molecule has 0 atom stereocenters. The molecule has 0 saturated carbocycles. The molecule has 1 saturated heterocycles. The van der Waals surface area contributed by atoms with E-state index in [1.54, 1.807) is 0 Å². The van der Waals surface area contributed by atoms with Gasteiger partial charge in [-0.15, -0.1) is 0 Å². The fourth-order valence-electron chi connectivity index (χ4n) is 2.34. The zero-order valence-corrected chi connectivity index (χ0v) is 13.9. The van der Waals surface area contributed by atoms with Gasteiger partial charge in [0.05, 0.1) is 0 Å². The predicted molar refractivity (Wildman–Crippen MR) is 85.3 cm³/mol. The molecule has 1 amide bonds. The molecular weight excluding hydrogens is 313 g/mol. The Labute approximate surface area is 128 Å². The third-order valence-electron chi connectivity index (χ3n) is 3.55. The predicted octanol–water partition coefficient (Wildman–Crippen LogP) is 2.71. The number of hydrogen-bond donors (Lipinski definition) is 0. The van der Waals surface area contributed by atoms with Crippen LogP contribution in [0.2, 0.25) is 0 Å². The molecule has 20 heavy (non-hydrogen) atoms. The molecule has 0 unspecified atom stereocenters. The Morgan fingerprint density at radius 3 is 2.80 bits per heavy atom. The molecule has 0 aromatic heterocycles. The Morgan fingerprint density at radius 2 is 2.05 bits per heavy atom. The summed E-state index contributed by atoms with van der Waals surface area (Å²) in [6, 6.07) is 10.5. The van der Waals surface area contributed by atoms with Gasteiger partial charge < -0.3 is 0 Å². The van der Waals surface area contributed by atoms with E-state index < -0.39 is 0 Å². The van der Waals surface area contributed by atoms with Crippen LogP contribution in [0.25, 0.3) is 0 Å². The quantitative estimate of drug-likeness (QED) is 0.598. The van der Waals surface area contributed by atoms with Crippen LogP contribution in [0, 0.1) is 0 Å². The van der Waals surface area contributed by atoms with Crippen molar-refractivity contribution in [3.8, 4) is 0 Å². The van der Waals surface area contributed by atoms with E-state index in [-0.39, 0.29) is 20.9 Å². The first-order valence-corrected chi connectivity index (χ1v) is 9.36. The summed E-state index contributed by atoms with van der Waals surface area (Å²) in [7, 11) is 0. The van der Waals surface area contributed by atoms with Gasteiger partial charge in [0, 0.05) is 0 Å². The van der Waals surface area contributed by atoms with E-state index in [4.69, 9.17) is 0 Å². The van der Waals surface area contributed by atoms with Gasteiger partial charge in [-0.2, -0.15) is 0 Å². The van der Waals surface area contributed by atoms with Gasteiger partial charge in [0.25, 0.3) is 0 Å². The maximum atomic E-state index is 12.5. The molecule has 1 aromatic rings. The van der Waals surface area contributed by atoms with Gasteiger partial charge in [0.2, 0.25) is 0 Å². The summed E-state index contributed by atoms with van der Waals surface area (Å²) in [6.07, 6.45) is 5.51. The summed E-state index contributed by atoms with van der Waals surface area (Å²) >= 11 is 0.271. The van der Waals surface area contributed by atoms with Crippen LogP contribution in [-0.4, -0.2) is 38.9 Å². The van der Waals surface area contributed by atoms with Crippen LogP contribution in [0.4, 0.5) is 0 Å². The molecule has 3 heteroatoms. The monoisotopic (exact) mass is 337 g/mol. The van der Waals surface area contributed by atoms with E-state index in [1.807, 2.05) is 6.07 Å². The van der Waals surface area contributed by atoms with Gasteiger partial charge in [-0.1, -0.05) is 0 Å². The first-order valence-electron chi connectivity index (χ1n) is 7.51. The molecule has 1 heterocycles. The fourth-order valence-corrected chi connectivity index (χ4v) is 4.04. The normalized spacial score (nSPS) is 18.4. The summed E-state index contributed by atoms with van der Waals surface area (Å²) in [6.45, 7) is 4.04. The van der Waals surface area contributed by atoms with E-state index in [1.165, 1.54) is 4.46 Å². The fraction of sp³-hybridized carbons (Fsp3) is 0.471. The first kappa shape index (κ1) is 15.3. The molecule has 108 valence electrons. The van der Waals surface area contributed by atoms with E-state index >= 15 is 0 Å². The molecule has 0 spiro atoms. The van der Waals surface area contributed by atoms with Crippen molar-refractivity contribution in [1.29, 1.82) is 0 Å².